The molecule has 1 aliphatic heterocycles. The van der Waals surface area contributed by atoms with E-state index in [1.165, 1.54) is 33.4 Å². The summed E-state index contributed by atoms with van der Waals surface area (Å²) in [6, 6.07) is 2.40. The maximum absolute atomic E-state index is 6.38. The van der Waals surface area contributed by atoms with Gasteiger partial charge in [-0.2, -0.15) is 0 Å². The molecule has 0 N–H and O–H groups in total. The summed E-state index contributed by atoms with van der Waals surface area (Å²) in [7, 11) is 0. The van der Waals surface area contributed by atoms with Crippen LogP contribution in [-0.2, 0) is 4.74 Å². The van der Waals surface area contributed by atoms with Crippen LogP contribution in [0.5, 0.6) is 0 Å². The van der Waals surface area contributed by atoms with Crippen LogP contribution in [0, 0.1) is 25.7 Å². The van der Waals surface area contributed by atoms with Gasteiger partial charge in [-0.25, -0.2) is 0 Å². The lowest BCUT2D eigenvalue weighted by atomic mass is 9.78. The lowest BCUT2D eigenvalue weighted by molar-refractivity contribution is -0.0126. The number of hydrogen-bond donors (Lipinski definition) is 0. The number of allylic oxidation sites excluding steroid dienone is 1. The van der Waals surface area contributed by atoms with Crippen LogP contribution >= 0.6 is 0 Å². The fraction of sp³-hybridized carbons (Fsp3) is 0.636. The van der Waals surface area contributed by atoms with Crippen molar-refractivity contribution >= 4 is 5.57 Å². The maximum atomic E-state index is 6.38. The van der Waals surface area contributed by atoms with Gasteiger partial charge in [-0.1, -0.05) is 46.8 Å². The van der Waals surface area contributed by atoms with Crippen LogP contribution in [-0.4, -0.2) is 6.10 Å². The number of aryl methyl sites for hydroxylation is 1. The van der Waals surface area contributed by atoms with Gasteiger partial charge in [-0.15, -0.1) is 0 Å². The topological polar surface area (TPSA) is 9.23 Å². The molecule has 0 saturated heterocycles. The van der Waals surface area contributed by atoms with Gasteiger partial charge in [-0.05, 0) is 72.9 Å². The van der Waals surface area contributed by atoms with E-state index in [1.54, 1.807) is 0 Å². The van der Waals surface area contributed by atoms with Gasteiger partial charge in [-0.3, -0.25) is 0 Å². The van der Waals surface area contributed by atoms with Crippen molar-refractivity contribution in [3.05, 3.63) is 40.0 Å². The van der Waals surface area contributed by atoms with Crippen LogP contribution < -0.4 is 0 Å². The Labute approximate surface area is 143 Å². The van der Waals surface area contributed by atoms with Crippen LogP contribution in [0.4, 0.5) is 0 Å². The minimum atomic E-state index is 0.141. The first-order chi connectivity index (χ1) is 10.6. The molecule has 1 nitrogen and oxygen atoms in total. The van der Waals surface area contributed by atoms with Gasteiger partial charge >= 0.3 is 0 Å². The molecule has 1 aromatic carbocycles. The molecular formula is C22H34O. The minimum Gasteiger partial charge on any atom is -0.370 e. The third-order valence-electron chi connectivity index (χ3n) is 5.47. The summed E-state index contributed by atoms with van der Waals surface area (Å²) in [6.45, 7) is 20.4. The molecule has 1 heteroatoms. The van der Waals surface area contributed by atoms with Gasteiger partial charge in [0.2, 0.25) is 0 Å². The maximum Gasteiger partial charge on any atom is 0.0809 e. The molecule has 3 atom stereocenters. The first-order valence-electron chi connectivity index (χ1n) is 9.16. The third-order valence-corrected chi connectivity index (χ3v) is 5.47. The molecule has 0 aromatic heterocycles. The van der Waals surface area contributed by atoms with E-state index in [-0.39, 0.29) is 12.2 Å². The van der Waals surface area contributed by atoms with E-state index in [4.69, 9.17) is 4.74 Å². The Bertz CT molecular complexity index is 607. The first-order valence-corrected chi connectivity index (χ1v) is 9.16. The molecule has 0 unspecified atom stereocenters. The highest BCUT2D eigenvalue weighted by molar-refractivity contribution is 5.75. The Morgan fingerprint density at radius 3 is 2.09 bits per heavy atom. The molecule has 0 spiro atoms. The van der Waals surface area contributed by atoms with E-state index in [0.717, 1.165) is 0 Å². The molecule has 0 saturated carbocycles. The quantitative estimate of drug-likeness (QED) is 0.599. The number of fused-ring (bicyclic) bond motifs is 1. The number of hydrogen-bond acceptors (Lipinski definition) is 1. The monoisotopic (exact) mass is 314 g/mol. The minimum absolute atomic E-state index is 0.141. The summed E-state index contributed by atoms with van der Waals surface area (Å²) in [5, 5.41) is 0. The van der Waals surface area contributed by atoms with E-state index in [0.29, 0.717) is 17.8 Å². The Balaban J connectivity index is 2.88. The number of ether oxygens (including phenoxy) is 1. The number of rotatable bonds is 2. The second-order valence-electron chi connectivity index (χ2n) is 7.97. The zero-order valence-electron chi connectivity index (χ0n) is 16.4. The fourth-order valence-electron chi connectivity index (χ4n) is 3.75. The van der Waals surface area contributed by atoms with Crippen molar-refractivity contribution in [3.63, 3.8) is 0 Å². The van der Waals surface area contributed by atoms with Gasteiger partial charge < -0.3 is 4.74 Å². The van der Waals surface area contributed by atoms with Gasteiger partial charge in [0.1, 0.15) is 0 Å². The van der Waals surface area contributed by atoms with Crippen molar-refractivity contribution < 1.29 is 4.74 Å². The Morgan fingerprint density at radius 1 is 0.957 bits per heavy atom. The summed E-state index contributed by atoms with van der Waals surface area (Å²) >= 11 is 0. The van der Waals surface area contributed by atoms with Gasteiger partial charge in [0.05, 0.1) is 12.2 Å². The van der Waals surface area contributed by atoms with Crippen molar-refractivity contribution in [2.75, 3.05) is 0 Å². The van der Waals surface area contributed by atoms with Gasteiger partial charge in [0.25, 0.3) is 0 Å². The van der Waals surface area contributed by atoms with Crippen molar-refractivity contribution in [2.24, 2.45) is 11.8 Å². The molecule has 23 heavy (non-hydrogen) atoms. The molecule has 2 rings (SSSR count). The summed E-state index contributed by atoms with van der Waals surface area (Å²) < 4.78 is 6.38. The average Bonchev–Trinajstić information content (AvgIpc) is 2.44. The standard InChI is InChI=1S/C22H34O/c1-12(2)19-10-14(5)16(7)21-18(9)23-17(8)15(6)11-20(13(3)4)22(19)21/h10-13,15,17-18H,1-9H3/b20-11-/t15-,17-,18+/m1/s1. The van der Waals surface area contributed by atoms with Crippen LogP contribution in [0.1, 0.15) is 88.3 Å². The number of benzene rings is 1. The lowest BCUT2D eigenvalue weighted by Crippen LogP contribution is -2.24. The molecule has 0 bridgehead atoms. The largest absolute Gasteiger partial charge is 0.370 e. The second kappa shape index (κ2) is 6.81. The highest BCUT2D eigenvalue weighted by atomic mass is 16.5. The van der Waals surface area contributed by atoms with E-state index in [1.807, 2.05) is 0 Å². The molecule has 1 heterocycles. The summed E-state index contributed by atoms with van der Waals surface area (Å²) in [5.41, 5.74) is 8.62. The molecule has 1 aliphatic rings. The Hall–Kier alpha value is -1.08. The molecule has 0 amide bonds. The summed E-state index contributed by atoms with van der Waals surface area (Å²) in [6.07, 6.45) is 2.84. The second-order valence-corrected chi connectivity index (χ2v) is 7.97. The van der Waals surface area contributed by atoms with Crippen LogP contribution in [0.3, 0.4) is 0 Å². The van der Waals surface area contributed by atoms with Crippen molar-refractivity contribution in [3.8, 4) is 0 Å². The van der Waals surface area contributed by atoms with E-state index in [2.05, 4.69) is 74.5 Å². The lowest BCUT2D eigenvalue weighted by Gasteiger charge is -2.34. The van der Waals surface area contributed by atoms with Crippen LogP contribution in [0.2, 0.25) is 0 Å². The van der Waals surface area contributed by atoms with Crippen molar-refractivity contribution in [1.29, 1.82) is 0 Å². The predicted octanol–water partition coefficient (Wildman–Crippen LogP) is 6.58. The van der Waals surface area contributed by atoms with Crippen LogP contribution in [0.25, 0.3) is 5.57 Å². The SMILES string of the molecule is Cc1cc(C(C)C)c2c(c1C)[C@H](C)O[C@H](C)[C@H](C)/C=C\2C(C)C. The van der Waals surface area contributed by atoms with E-state index < -0.39 is 0 Å². The first kappa shape index (κ1) is 18.3. The zero-order valence-corrected chi connectivity index (χ0v) is 16.4. The zero-order chi connectivity index (χ0) is 17.5. The van der Waals surface area contributed by atoms with Gasteiger partial charge in [0.15, 0.2) is 0 Å². The van der Waals surface area contributed by atoms with Crippen LogP contribution in [0.15, 0.2) is 12.1 Å². The molecular weight excluding hydrogens is 280 g/mol. The predicted molar refractivity (Wildman–Crippen MR) is 101 cm³/mol. The average molecular weight is 315 g/mol. The third kappa shape index (κ3) is 3.40. The highest BCUT2D eigenvalue weighted by Crippen LogP contribution is 2.42. The molecule has 0 aliphatic carbocycles. The van der Waals surface area contributed by atoms with Gasteiger partial charge in [0, 0.05) is 5.92 Å². The molecule has 0 radical (unpaired) electrons. The van der Waals surface area contributed by atoms with Crippen molar-refractivity contribution in [2.45, 2.75) is 80.4 Å². The molecule has 1 aromatic rings. The Morgan fingerprint density at radius 2 is 1.57 bits per heavy atom. The molecule has 0 fully saturated rings. The van der Waals surface area contributed by atoms with Crippen molar-refractivity contribution in [1.82, 2.24) is 0 Å². The normalized spacial score (nSPS) is 27.4. The molecule has 128 valence electrons. The smallest absolute Gasteiger partial charge is 0.0809 e. The highest BCUT2D eigenvalue weighted by Gasteiger charge is 2.28. The summed E-state index contributed by atoms with van der Waals surface area (Å²) in [4.78, 5) is 0. The van der Waals surface area contributed by atoms with E-state index in [9.17, 15) is 0 Å². The fourth-order valence-corrected chi connectivity index (χ4v) is 3.75. The van der Waals surface area contributed by atoms with E-state index >= 15 is 0 Å². The summed E-state index contributed by atoms with van der Waals surface area (Å²) in [5.74, 6) is 1.47. The Kier molecular flexibility index (Phi) is 5.41.